The van der Waals surface area contributed by atoms with Gasteiger partial charge in [-0.2, -0.15) is 0 Å². The average molecular weight is 314 g/mol. The van der Waals surface area contributed by atoms with Gasteiger partial charge in [-0.3, -0.25) is 10.1 Å². The predicted octanol–water partition coefficient (Wildman–Crippen LogP) is -0.212. The van der Waals surface area contributed by atoms with Gasteiger partial charge in [0.2, 0.25) is 11.1 Å². The quantitative estimate of drug-likeness (QED) is 0.723. The number of nitrogens with one attached hydrogen (secondary N) is 2. The van der Waals surface area contributed by atoms with Crippen molar-refractivity contribution in [2.24, 2.45) is 0 Å². The zero-order valence-corrected chi connectivity index (χ0v) is 12.7. The molecule has 116 valence electrons. The van der Waals surface area contributed by atoms with Gasteiger partial charge in [-0.15, -0.1) is 5.10 Å². The van der Waals surface area contributed by atoms with E-state index in [1.54, 1.807) is 11.6 Å². The van der Waals surface area contributed by atoms with Crippen LogP contribution in [-0.2, 0) is 16.1 Å². The van der Waals surface area contributed by atoms with E-state index in [0.29, 0.717) is 11.7 Å². The molecule has 0 spiro atoms. The van der Waals surface area contributed by atoms with Crippen molar-refractivity contribution in [2.75, 3.05) is 13.7 Å². The SMILES string of the molecule is CNC(=O)NC(=O)[C@@H](C)Sc1nnnn1C[C@@H]1CCCO1. The van der Waals surface area contributed by atoms with E-state index in [4.69, 9.17) is 4.74 Å². The molecule has 0 bridgehead atoms. The largest absolute Gasteiger partial charge is 0.376 e. The van der Waals surface area contributed by atoms with Crippen LogP contribution in [0.25, 0.3) is 0 Å². The molecule has 1 aliphatic heterocycles. The number of carbonyl (C=O) groups excluding carboxylic acids is 2. The van der Waals surface area contributed by atoms with E-state index in [9.17, 15) is 9.59 Å². The van der Waals surface area contributed by atoms with Crippen LogP contribution in [0.2, 0.25) is 0 Å². The van der Waals surface area contributed by atoms with Crippen LogP contribution >= 0.6 is 11.8 Å². The number of carbonyl (C=O) groups is 2. The molecule has 0 unspecified atom stereocenters. The van der Waals surface area contributed by atoms with Crippen LogP contribution in [0.1, 0.15) is 19.8 Å². The van der Waals surface area contributed by atoms with Crippen molar-refractivity contribution in [1.29, 1.82) is 0 Å². The molecular weight excluding hydrogens is 296 g/mol. The second-order valence-corrected chi connectivity index (χ2v) is 5.92. The summed E-state index contributed by atoms with van der Waals surface area (Å²) in [7, 11) is 1.45. The number of hydrogen-bond acceptors (Lipinski definition) is 7. The summed E-state index contributed by atoms with van der Waals surface area (Å²) < 4.78 is 7.17. The highest BCUT2D eigenvalue weighted by Crippen LogP contribution is 2.22. The third kappa shape index (κ3) is 4.39. The number of rotatable bonds is 5. The fraction of sp³-hybridized carbons (Fsp3) is 0.727. The lowest BCUT2D eigenvalue weighted by atomic mass is 10.2. The first-order chi connectivity index (χ1) is 10.1. The van der Waals surface area contributed by atoms with E-state index < -0.39 is 17.2 Å². The number of tetrazole rings is 1. The van der Waals surface area contributed by atoms with Gasteiger partial charge in [0.1, 0.15) is 0 Å². The normalized spacial score (nSPS) is 19.2. The van der Waals surface area contributed by atoms with Gasteiger partial charge in [0.05, 0.1) is 17.9 Å². The summed E-state index contributed by atoms with van der Waals surface area (Å²) in [6.07, 6.45) is 2.14. The van der Waals surface area contributed by atoms with Gasteiger partial charge in [0.25, 0.3) is 0 Å². The first kappa shape index (κ1) is 15.7. The summed E-state index contributed by atoms with van der Waals surface area (Å²) in [5, 5.41) is 16.0. The van der Waals surface area contributed by atoms with Crippen molar-refractivity contribution < 1.29 is 14.3 Å². The lowest BCUT2D eigenvalue weighted by molar-refractivity contribution is -0.119. The Bertz CT molecular complexity index is 502. The minimum absolute atomic E-state index is 0.114. The number of amides is 3. The Hall–Kier alpha value is -1.68. The zero-order valence-electron chi connectivity index (χ0n) is 11.9. The molecule has 2 atom stereocenters. The van der Waals surface area contributed by atoms with Gasteiger partial charge >= 0.3 is 6.03 Å². The summed E-state index contributed by atoms with van der Waals surface area (Å²) in [4.78, 5) is 22.9. The molecule has 2 rings (SSSR count). The summed E-state index contributed by atoms with van der Waals surface area (Å²) in [5.74, 6) is -0.397. The number of ether oxygens (including phenoxy) is 1. The molecule has 21 heavy (non-hydrogen) atoms. The summed E-state index contributed by atoms with van der Waals surface area (Å²) in [5.41, 5.74) is 0. The van der Waals surface area contributed by atoms with Crippen LogP contribution in [-0.4, -0.2) is 57.2 Å². The van der Waals surface area contributed by atoms with E-state index >= 15 is 0 Å². The molecule has 0 aliphatic carbocycles. The Kier molecular flexibility index (Phi) is 5.51. The number of imide groups is 1. The molecule has 1 aromatic rings. The van der Waals surface area contributed by atoms with E-state index in [2.05, 4.69) is 26.2 Å². The minimum atomic E-state index is -0.536. The molecule has 0 radical (unpaired) electrons. The van der Waals surface area contributed by atoms with E-state index in [1.165, 1.54) is 18.8 Å². The van der Waals surface area contributed by atoms with Crippen LogP contribution in [0.5, 0.6) is 0 Å². The van der Waals surface area contributed by atoms with E-state index in [-0.39, 0.29) is 6.10 Å². The Labute approximate surface area is 126 Å². The summed E-state index contributed by atoms with van der Waals surface area (Å²) in [6, 6.07) is -0.536. The molecule has 10 heteroatoms. The standard InChI is InChI=1S/C11H18N6O3S/c1-7(9(18)13-10(19)12-2)21-11-14-15-16-17(11)6-8-4-3-5-20-8/h7-8H,3-6H2,1-2H3,(H2,12,13,18,19)/t7-,8+/m1/s1. The minimum Gasteiger partial charge on any atom is -0.376 e. The zero-order chi connectivity index (χ0) is 15.2. The maximum atomic E-state index is 11.8. The fourth-order valence-corrected chi connectivity index (χ4v) is 2.66. The molecule has 0 saturated carbocycles. The number of aromatic nitrogens is 4. The topological polar surface area (TPSA) is 111 Å². The Balaban J connectivity index is 1.91. The van der Waals surface area contributed by atoms with Crippen molar-refractivity contribution in [3.05, 3.63) is 0 Å². The van der Waals surface area contributed by atoms with Crippen LogP contribution < -0.4 is 10.6 Å². The van der Waals surface area contributed by atoms with Gasteiger partial charge in [-0.05, 0) is 30.2 Å². The highest BCUT2D eigenvalue weighted by molar-refractivity contribution is 8.00. The third-order valence-electron chi connectivity index (χ3n) is 3.01. The average Bonchev–Trinajstić information content (AvgIpc) is 3.11. The van der Waals surface area contributed by atoms with Crippen LogP contribution in [0, 0.1) is 0 Å². The molecule has 1 fully saturated rings. The summed E-state index contributed by atoms with van der Waals surface area (Å²) >= 11 is 1.20. The number of urea groups is 1. The number of hydrogen-bond donors (Lipinski definition) is 2. The fourth-order valence-electron chi connectivity index (χ4n) is 1.86. The Morgan fingerprint density at radius 1 is 1.57 bits per heavy atom. The molecule has 1 saturated heterocycles. The lowest BCUT2D eigenvalue weighted by Crippen LogP contribution is -2.41. The molecule has 2 N–H and O–H groups in total. The second kappa shape index (κ2) is 7.36. The lowest BCUT2D eigenvalue weighted by Gasteiger charge is -2.12. The third-order valence-corrected chi connectivity index (χ3v) is 4.09. The van der Waals surface area contributed by atoms with Gasteiger partial charge in [-0.1, -0.05) is 11.8 Å². The van der Waals surface area contributed by atoms with Crippen molar-refractivity contribution in [1.82, 2.24) is 30.8 Å². The maximum absolute atomic E-state index is 11.8. The van der Waals surface area contributed by atoms with Crippen LogP contribution in [0.15, 0.2) is 5.16 Å². The highest BCUT2D eigenvalue weighted by atomic mass is 32.2. The van der Waals surface area contributed by atoms with Gasteiger partial charge in [0, 0.05) is 13.7 Å². The number of nitrogens with zero attached hydrogens (tertiary/aromatic N) is 4. The van der Waals surface area contributed by atoms with Crippen LogP contribution in [0.4, 0.5) is 4.79 Å². The van der Waals surface area contributed by atoms with E-state index in [0.717, 1.165) is 19.4 Å². The molecular formula is C11H18N6O3S. The molecule has 9 nitrogen and oxygen atoms in total. The van der Waals surface area contributed by atoms with Gasteiger partial charge < -0.3 is 10.1 Å². The van der Waals surface area contributed by atoms with Gasteiger partial charge in [-0.25, -0.2) is 9.48 Å². The molecule has 1 aliphatic rings. The second-order valence-electron chi connectivity index (χ2n) is 4.61. The predicted molar refractivity (Wildman–Crippen MR) is 74.7 cm³/mol. The maximum Gasteiger partial charge on any atom is 0.321 e. The summed E-state index contributed by atoms with van der Waals surface area (Å²) in [6.45, 7) is 3.02. The molecule has 1 aromatic heterocycles. The van der Waals surface area contributed by atoms with Crippen molar-refractivity contribution in [2.45, 2.75) is 42.8 Å². The van der Waals surface area contributed by atoms with Crippen molar-refractivity contribution in [3.63, 3.8) is 0 Å². The van der Waals surface area contributed by atoms with Crippen molar-refractivity contribution >= 4 is 23.7 Å². The van der Waals surface area contributed by atoms with Gasteiger partial charge in [0.15, 0.2) is 0 Å². The molecule has 2 heterocycles. The Morgan fingerprint density at radius 3 is 3.05 bits per heavy atom. The van der Waals surface area contributed by atoms with Crippen LogP contribution in [0.3, 0.4) is 0 Å². The van der Waals surface area contributed by atoms with E-state index in [1.807, 2.05) is 0 Å². The van der Waals surface area contributed by atoms with Crippen molar-refractivity contribution in [3.8, 4) is 0 Å². The molecule has 0 aromatic carbocycles. The molecule has 3 amide bonds. The Morgan fingerprint density at radius 2 is 2.38 bits per heavy atom. The smallest absolute Gasteiger partial charge is 0.321 e. The highest BCUT2D eigenvalue weighted by Gasteiger charge is 2.22. The monoisotopic (exact) mass is 314 g/mol. The first-order valence-corrected chi connectivity index (χ1v) is 7.55. The number of thioether (sulfide) groups is 1. The first-order valence-electron chi connectivity index (χ1n) is 6.67.